The Balaban J connectivity index is 2.05. The number of anilines is 1. The van der Waals surface area contributed by atoms with E-state index in [1.807, 2.05) is 18.2 Å². The molecule has 2 aromatic rings. The first-order chi connectivity index (χ1) is 9.08. The van der Waals surface area contributed by atoms with Crippen molar-refractivity contribution in [1.29, 1.82) is 0 Å². The fourth-order valence-electron chi connectivity index (χ4n) is 1.61. The third-order valence-electron chi connectivity index (χ3n) is 2.68. The minimum atomic E-state index is -0.399. The molecule has 0 heterocycles. The predicted molar refractivity (Wildman–Crippen MR) is 76.1 cm³/mol. The first-order valence-electron chi connectivity index (χ1n) is 5.64. The third kappa shape index (κ3) is 3.32. The SMILES string of the molecule is Nc1ccccc1CNC(=O)c1ccc(F)c(Br)c1. The largest absolute Gasteiger partial charge is 0.398 e. The molecule has 0 aliphatic rings. The summed E-state index contributed by atoms with van der Waals surface area (Å²) in [4.78, 5) is 11.9. The molecule has 98 valence electrons. The molecular weight excluding hydrogens is 311 g/mol. The van der Waals surface area contributed by atoms with Crippen LogP contribution in [0.4, 0.5) is 10.1 Å². The molecule has 0 atom stereocenters. The number of halogens is 2. The Morgan fingerprint density at radius 1 is 1.26 bits per heavy atom. The standard InChI is InChI=1S/C14H12BrFN2O/c15-11-7-9(5-6-12(11)16)14(19)18-8-10-3-1-2-4-13(10)17/h1-7H,8,17H2,(H,18,19). The van der Waals surface area contributed by atoms with Crippen molar-refractivity contribution in [2.24, 2.45) is 0 Å². The van der Waals surface area contributed by atoms with Gasteiger partial charge in [0, 0.05) is 17.8 Å². The summed E-state index contributed by atoms with van der Waals surface area (Å²) < 4.78 is 13.3. The second-order valence-electron chi connectivity index (χ2n) is 4.01. The van der Waals surface area contributed by atoms with Gasteiger partial charge in [0.05, 0.1) is 4.47 Å². The van der Waals surface area contributed by atoms with Crippen LogP contribution >= 0.6 is 15.9 Å². The van der Waals surface area contributed by atoms with E-state index in [-0.39, 0.29) is 10.4 Å². The zero-order valence-corrected chi connectivity index (χ0v) is 11.6. The lowest BCUT2D eigenvalue weighted by molar-refractivity contribution is 0.0951. The maximum Gasteiger partial charge on any atom is 0.251 e. The zero-order chi connectivity index (χ0) is 13.8. The summed E-state index contributed by atoms with van der Waals surface area (Å²) >= 11 is 3.05. The molecule has 2 aromatic carbocycles. The van der Waals surface area contributed by atoms with Crippen molar-refractivity contribution in [3.05, 3.63) is 63.9 Å². The number of para-hydroxylation sites is 1. The van der Waals surface area contributed by atoms with E-state index < -0.39 is 5.82 Å². The van der Waals surface area contributed by atoms with Crippen LogP contribution in [-0.4, -0.2) is 5.91 Å². The van der Waals surface area contributed by atoms with Gasteiger partial charge in [-0.15, -0.1) is 0 Å². The van der Waals surface area contributed by atoms with Crippen molar-refractivity contribution < 1.29 is 9.18 Å². The average Bonchev–Trinajstić information content (AvgIpc) is 2.40. The van der Waals surface area contributed by atoms with Gasteiger partial charge in [-0.25, -0.2) is 4.39 Å². The maximum absolute atomic E-state index is 13.1. The van der Waals surface area contributed by atoms with Gasteiger partial charge in [-0.2, -0.15) is 0 Å². The molecule has 3 nitrogen and oxygen atoms in total. The molecule has 2 rings (SSSR count). The highest BCUT2D eigenvalue weighted by Crippen LogP contribution is 2.17. The lowest BCUT2D eigenvalue weighted by Gasteiger charge is -2.08. The molecule has 0 bridgehead atoms. The number of carbonyl (C=O) groups excluding carboxylic acids is 1. The molecule has 0 aliphatic carbocycles. The smallest absolute Gasteiger partial charge is 0.251 e. The van der Waals surface area contributed by atoms with E-state index in [1.54, 1.807) is 6.07 Å². The topological polar surface area (TPSA) is 55.1 Å². The van der Waals surface area contributed by atoms with E-state index in [9.17, 15) is 9.18 Å². The molecule has 0 fully saturated rings. The number of nitrogens with one attached hydrogen (secondary N) is 1. The number of benzene rings is 2. The van der Waals surface area contributed by atoms with Crippen molar-refractivity contribution in [3.63, 3.8) is 0 Å². The second kappa shape index (κ2) is 5.84. The van der Waals surface area contributed by atoms with Crippen molar-refractivity contribution in [2.45, 2.75) is 6.54 Å². The van der Waals surface area contributed by atoms with Crippen LogP contribution in [0.3, 0.4) is 0 Å². The maximum atomic E-state index is 13.1. The van der Waals surface area contributed by atoms with Gasteiger partial charge in [0.15, 0.2) is 0 Å². The van der Waals surface area contributed by atoms with Crippen LogP contribution in [-0.2, 0) is 6.54 Å². The summed E-state index contributed by atoms with van der Waals surface area (Å²) in [5, 5.41) is 2.74. The van der Waals surface area contributed by atoms with Crippen molar-refractivity contribution >= 4 is 27.5 Å². The van der Waals surface area contributed by atoms with Crippen molar-refractivity contribution in [2.75, 3.05) is 5.73 Å². The first kappa shape index (κ1) is 13.5. The molecular formula is C14H12BrFN2O. The van der Waals surface area contributed by atoms with E-state index in [0.29, 0.717) is 17.8 Å². The highest BCUT2D eigenvalue weighted by molar-refractivity contribution is 9.10. The van der Waals surface area contributed by atoms with Crippen LogP contribution < -0.4 is 11.1 Å². The van der Waals surface area contributed by atoms with Gasteiger partial charge in [0.2, 0.25) is 0 Å². The number of nitrogen functional groups attached to an aromatic ring is 1. The highest BCUT2D eigenvalue weighted by atomic mass is 79.9. The van der Waals surface area contributed by atoms with Gasteiger partial charge >= 0.3 is 0 Å². The molecule has 0 saturated heterocycles. The van der Waals surface area contributed by atoms with Crippen LogP contribution in [0.2, 0.25) is 0 Å². The quantitative estimate of drug-likeness (QED) is 0.853. The van der Waals surface area contributed by atoms with Crippen molar-refractivity contribution in [3.8, 4) is 0 Å². The summed E-state index contributed by atoms with van der Waals surface area (Å²) in [6, 6.07) is 11.4. The third-order valence-corrected chi connectivity index (χ3v) is 3.28. The Kier molecular flexibility index (Phi) is 4.16. The van der Waals surface area contributed by atoms with Gasteiger partial charge in [0.1, 0.15) is 5.82 Å². The lowest BCUT2D eigenvalue weighted by Crippen LogP contribution is -2.23. The molecule has 0 radical (unpaired) electrons. The Hall–Kier alpha value is -1.88. The van der Waals surface area contributed by atoms with Gasteiger partial charge in [-0.1, -0.05) is 18.2 Å². The van der Waals surface area contributed by atoms with Gasteiger partial charge in [0.25, 0.3) is 5.91 Å². The molecule has 0 aromatic heterocycles. The number of carbonyl (C=O) groups is 1. The Labute approximate surface area is 118 Å². The highest BCUT2D eigenvalue weighted by Gasteiger charge is 2.08. The van der Waals surface area contributed by atoms with E-state index in [4.69, 9.17) is 5.73 Å². The Morgan fingerprint density at radius 3 is 2.68 bits per heavy atom. The number of rotatable bonds is 3. The summed E-state index contributed by atoms with van der Waals surface area (Å²) in [6.07, 6.45) is 0. The Morgan fingerprint density at radius 2 is 2.00 bits per heavy atom. The molecule has 3 N–H and O–H groups in total. The summed E-state index contributed by atoms with van der Waals surface area (Å²) in [5.41, 5.74) is 7.64. The lowest BCUT2D eigenvalue weighted by atomic mass is 10.1. The van der Waals surface area contributed by atoms with Gasteiger partial charge < -0.3 is 11.1 Å². The summed E-state index contributed by atoms with van der Waals surface area (Å²) in [6.45, 7) is 0.334. The number of hydrogen-bond acceptors (Lipinski definition) is 2. The molecule has 19 heavy (non-hydrogen) atoms. The van der Waals surface area contributed by atoms with Gasteiger partial charge in [-0.05, 0) is 45.8 Å². The Bertz CT molecular complexity index is 616. The van der Waals surface area contributed by atoms with E-state index in [1.165, 1.54) is 18.2 Å². The monoisotopic (exact) mass is 322 g/mol. The van der Waals surface area contributed by atoms with E-state index in [2.05, 4.69) is 21.2 Å². The van der Waals surface area contributed by atoms with E-state index in [0.717, 1.165) is 5.56 Å². The van der Waals surface area contributed by atoms with Crippen LogP contribution in [0.15, 0.2) is 46.9 Å². The number of nitrogens with two attached hydrogens (primary N) is 1. The van der Waals surface area contributed by atoms with Gasteiger partial charge in [-0.3, -0.25) is 4.79 Å². The number of amides is 1. The number of hydrogen-bond donors (Lipinski definition) is 2. The molecule has 0 spiro atoms. The molecule has 5 heteroatoms. The minimum Gasteiger partial charge on any atom is -0.398 e. The minimum absolute atomic E-state index is 0.263. The van der Waals surface area contributed by atoms with Crippen molar-refractivity contribution in [1.82, 2.24) is 5.32 Å². The van der Waals surface area contributed by atoms with Crippen LogP contribution in [0, 0.1) is 5.82 Å². The van der Waals surface area contributed by atoms with E-state index >= 15 is 0 Å². The molecule has 0 aliphatic heterocycles. The molecule has 1 amide bonds. The second-order valence-corrected chi connectivity index (χ2v) is 4.86. The first-order valence-corrected chi connectivity index (χ1v) is 6.44. The average molecular weight is 323 g/mol. The van der Waals surface area contributed by atoms with Crippen LogP contribution in [0.1, 0.15) is 15.9 Å². The molecule has 0 saturated carbocycles. The zero-order valence-electron chi connectivity index (χ0n) is 9.99. The normalized spacial score (nSPS) is 10.2. The predicted octanol–water partition coefficient (Wildman–Crippen LogP) is 3.10. The fourth-order valence-corrected chi connectivity index (χ4v) is 1.99. The summed E-state index contributed by atoms with van der Waals surface area (Å²) in [7, 11) is 0. The fraction of sp³-hybridized carbons (Fsp3) is 0.0714. The van der Waals surface area contributed by atoms with Crippen LogP contribution in [0.25, 0.3) is 0 Å². The molecule has 0 unspecified atom stereocenters. The van der Waals surface area contributed by atoms with Crippen LogP contribution in [0.5, 0.6) is 0 Å². The summed E-state index contributed by atoms with van der Waals surface area (Å²) in [5.74, 6) is -0.673.